The van der Waals surface area contributed by atoms with Crippen molar-refractivity contribution in [2.24, 2.45) is 0 Å². The molecule has 0 saturated heterocycles. The topological polar surface area (TPSA) is 52.1 Å². The Morgan fingerprint density at radius 1 is 0.500 bits per heavy atom. The smallest absolute Gasteiger partial charge is 0.153 e. The van der Waals surface area contributed by atoms with Crippen LogP contribution >= 0.6 is 0 Å². The molecule has 0 saturated carbocycles. The highest BCUT2D eigenvalue weighted by Crippen LogP contribution is 2.45. The molecule has 0 unspecified atom stereocenters. The first-order valence-electron chi connectivity index (χ1n) is 13.3. The molecule has 0 amide bonds. The highest BCUT2D eigenvalue weighted by atomic mass is 16.3. The van der Waals surface area contributed by atoms with Gasteiger partial charge in [0.05, 0.1) is 5.39 Å². The Kier molecular flexibility index (Phi) is 3.92. The van der Waals surface area contributed by atoms with E-state index in [0.29, 0.717) is 0 Å². The normalized spacial score (nSPS) is 13.5. The Bertz CT molecular complexity index is 2250. The molecule has 4 aromatic heterocycles. The van der Waals surface area contributed by atoms with Crippen LogP contribution in [0.4, 0.5) is 0 Å². The Hall–Kier alpha value is -4.18. The van der Waals surface area contributed by atoms with E-state index in [1.807, 2.05) is 0 Å². The van der Waals surface area contributed by atoms with Crippen molar-refractivity contribution < 1.29 is 8.83 Å². The number of hydrogen-bond acceptors (Lipinski definition) is 4. The molecule has 0 radical (unpaired) electrons. The molecular weight excluding hydrogens is 468 g/mol. The second-order valence-electron chi connectivity index (χ2n) is 12.7. The minimum atomic E-state index is -0.0463. The first-order valence-corrected chi connectivity index (χ1v) is 13.3. The van der Waals surface area contributed by atoms with E-state index in [0.717, 1.165) is 71.7 Å². The number of furan rings is 2. The number of hydrogen-bond donors (Lipinski definition) is 0. The van der Waals surface area contributed by atoms with E-state index in [1.165, 1.54) is 16.2 Å². The van der Waals surface area contributed by atoms with Crippen LogP contribution in [0.3, 0.4) is 0 Å². The lowest BCUT2D eigenvalue weighted by molar-refractivity contribution is 0.570. The maximum atomic E-state index is 6.48. The molecule has 38 heavy (non-hydrogen) atoms. The van der Waals surface area contributed by atoms with Gasteiger partial charge in [0.1, 0.15) is 22.2 Å². The zero-order valence-electron chi connectivity index (χ0n) is 22.5. The molecule has 8 aromatic rings. The Balaban J connectivity index is 1.52. The number of fused-ring (bicyclic) bond motifs is 8. The van der Waals surface area contributed by atoms with Gasteiger partial charge >= 0.3 is 0 Å². The van der Waals surface area contributed by atoms with Crippen molar-refractivity contribution in [1.82, 2.24) is 9.97 Å². The van der Waals surface area contributed by atoms with E-state index in [2.05, 4.69) is 102 Å². The molecule has 0 spiro atoms. The third-order valence-electron chi connectivity index (χ3n) is 7.99. The SMILES string of the molecule is CC(C)(C)c1ccc2oc3c(cc4ccc5c6c(cc7ccc3c4c75)oc3ccc(C(C)(C)C)nc36)c2n1. The second kappa shape index (κ2) is 6.82. The molecule has 0 bridgehead atoms. The number of benzene rings is 4. The molecule has 4 aromatic carbocycles. The summed E-state index contributed by atoms with van der Waals surface area (Å²) in [6.45, 7) is 13.2. The number of aromatic nitrogens is 2. The van der Waals surface area contributed by atoms with E-state index in [9.17, 15) is 0 Å². The predicted octanol–water partition coefficient (Wildman–Crippen LogP) is 9.77. The van der Waals surface area contributed by atoms with Crippen LogP contribution in [0.15, 0.2) is 69.5 Å². The van der Waals surface area contributed by atoms with Crippen molar-refractivity contribution in [2.75, 3.05) is 0 Å². The monoisotopic (exact) mass is 496 g/mol. The van der Waals surface area contributed by atoms with Gasteiger partial charge in [-0.05, 0) is 64.0 Å². The highest BCUT2D eigenvalue weighted by molar-refractivity contribution is 6.35. The molecule has 4 heterocycles. The lowest BCUT2D eigenvalue weighted by Gasteiger charge is -2.17. The van der Waals surface area contributed by atoms with Crippen molar-refractivity contribution >= 4 is 76.5 Å². The van der Waals surface area contributed by atoms with Gasteiger partial charge in [-0.2, -0.15) is 0 Å². The Morgan fingerprint density at radius 3 is 1.76 bits per heavy atom. The molecule has 0 fully saturated rings. The van der Waals surface area contributed by atoms with E-state index in [1.54, 1.807) is 0 Å². The van der Waals surface area contributed by atoms with Crippen molar-refractivity contribution in [3.63, 3.8) is 0 Å². The van der Waals surface area contributed by atoms with Gasteiger partial charge in [-0.3, -0.25) is 0 Å². The molecule has 4 heteroatoms. The summed E-state index contributed by atoms with van der Waals surface area (Å²) in [6, 6.07) is 21.5. The van der Waals surface area contributed by atoms with E-state index >= 15 is 0 Å². The zero-order valence-corrected chi connectivity index (χ0v) is 22.5. The molecule has 0 aliphatic heterocycles. The van der Waals surface area contributed by atoms with Gasteiger partial charge in [0.2, 0.25) is 0 Å². The molecule has 8 rings (SSSR count). The molecule has 186 valence electrons. The maximum Gasteiger partial charge on any atom is 0.153 e. The molecule has 0 atom stereocenters. The van der Waals surface area contributed by atoms with Crippen molar-refractivity contribution in [2.45, 2.75) is 52.4 Å². The van der Waals surface area contributed by atoms with Crippen LogP contribution in [0.25, 0.3) is 76.5 Å². The summed E-state index contributed by atoms with van der Waals surface area (Å²) in [5, 5.41) is 9.20. The van der Waals surface area contributed by atoms with Crippen LogP contribution in [0, 0.1) is 0 Å². The summed E-state index contributed by atoms with van der Waals surface area (Å²) in [7, 11) is 0. The van der Waals surface area contributed by atoms with E-state index in [4.69, 9.17) is 18.8 Å². The average molecular weight is 497 g/mol. The number of rotatable bonds is 0. The number of nitrogens with zero attached hydrogens (tertiary/aromatic N) is 2. The quantitative estimate of drug-likeness (QED) is 0.196. The molecular formula is C34H28N2O2. The minimum Gasteiger partial charge on any atom is -0.454 e. The lowest BCUT2D eigenvalue weighted by atomic mass is 9.90. The maximum absolute atomic E-state index is 6.48. The van der Waals surface area contributed by atoms with Crippen molar-refractivity contribution in [1.29, 1.82) is 0 Å². The molecule has 0 aliphatic carbocycles. The Morgan fingerprint density at radius 2 is 1.08 bits per heavy atom. The van der Waals surface area contributed by atoms with Gasteiger partial charge in [-0.25, -0.2) is 9.97 Å². The van der Waals surface area contributed by atoms with Gasteiger partial charge in [0, 0.05) is 38.4 Å². The van der Waals surface area contributed by atoms with Crippen LogP contribution in [0.5, 0.6) is 0 Å². The van der Waals surface area contributed by atoms with Crippen LogP contribution in [-0.2, 0) is 10.8 Å². The van der Waals surface area contributed by atoms with Gasteiger partial charge in [-0.15, -0.1) is 0 Å². The summed E-state index contributed by atoms with van der Waals surface area (Å²) in [5.41, 5.74) is 7.32. The number of pyridine rings is 2. The fraction of sp³-hybridized carbons (Fsp3) is 0.235. The lowest BCUT2D eigenvalue weighted by Crippen LogP contribution is -2.12. The van der Waals surface area contributed by atoms with Crippen LogP contribution in [0.2, 0.25) is 0 Å². The van der Waals surface area contributed by atoms with Crippen molar-refractivity contribution in [3.05, 3.63) is 72.1 Å². The van der Waals surface area contributed by atoms with Gasteiger partial charge < -0.3 is 8.83 Å². The van der Waals surface area contributed by atoms with E-state index < -0.39 is 0 Å². The first-order chi connectivity index (χ1) is 18.1. The fourth-order valence-electron chi connectivity index (χ4n) is 6.00. The highest BCUT2D eigenvalue weighted by Gasteiger charge is 2.23. The second-order valence-corrected chi connectivity index (χ2v) is 12.7. The van der Waals surface area contributed by atoms with Crippen LogP contribution in [0.1, 0.15) is 52.9 Å². The summed E-state index contributed by atoms with van der Waals surface area (Å²) in [4.78, 5) is 10.2. The molecule has 0 aliphatic rings. The summed E-state index contributed by atoms with van der Waals surface area (Å²) >= 11 is 0. The van der Waals surface area contributed by atoms with E-state index in [-0.39, 0.29) is 10.8 Å². The largest absolute Gasteiger partial charge is 0.454 e. The van der Waals surface area contributed by atoms with Gasteiger partial charge in [-0.1, -0.05) is 59.7 Å². The van der Waals surface area contributed by atoms with Crippen LogP contribution in [-0.4, -0.2) is 9.97 Å². The summed E-state index contributed by atoms with van der Waals surface area (Å²) < 4.78 is 12.8. The summed E-state index contributed by atoms with van der Waals surface area (Å²) in [5.74, 6) is 0. The zero-order chi connectivity index (χ0) is 26.1. The first kappa shape index (κ1) is 21.9. The van der Waals surface area contributed by atoms with Crippen molar-refractivity contribution in [3.8, 4) is 0 Å². The third kappa shape index (κ3) is 2.80. The Labute approximate surface area is 219 Å². The molecule has 4 nitrogen and oxygen atoms in total. The molecule has 0 N–H and O–H groups in total. The fourth-order valence-corrected chi connectivity index (χ4v) is 6.00. The third-order valence-corrected chi connectivity index (χ3v) is 7.99. The summed E-state index contributed by atoms with van der Waals surface area (Å²) in [6.07, 6.45) is 0. The predicted molar refractivity (Wildman–Crippen MR) is 158 cm³/mol. The standard InChI is InChI=1S/C34H28N2O2/c1-33(2,3)25-13-11-22-30(35-25)21-15-17-7-9-19-27-18(8-10-20(28(17)27)32(21)38-22)16-24-29(19)31-23(37-24)12-14-26(36-31)34(4,5)6/h7-16H,1-6H3. The minimum absolute atomic E-state index is 0.0342. The van der Waals surface area contributed by atoms with Gasteiger partial charge in [0.15, 0.2) is 11.2 Å². The van der Waals surface area contributed by atoms with Crippen LogP contribution < -0.4 is 0 Å². The van der Waals surface area contributed by atoms with Gasteiger partial charge in [0.25, 0.3) is 0 Å². The average Bonchev–Trinajstić information content (AvgIpc) is 3.42.